The molecule has 0 atom stereocenters. The number of nitrogens with one attached hydrogen (secondary N) is 1. The summed E-state index contributed by atoms with van der Waals surface area (Å²) >= 11 is 0. The van der Waals surface area contributed by atoms with E-state index in [-0.39, 0.29) is 19.8 Å². The van der Waals surface area contributed by atoms with Gasteiger partial charge in [-0.05, 0) is 17.7 Å². The lowest BCUT2D eigenvalue weighted by Crippen LogP contribution is -2.30. The van der Waals surface area contributed by atoms with Crippen LogP contribution in [0.4, 0.5) is 5.82 Å². The van der Waals surface area contributed by atoms with Gasteiger partial charge in [-0.3, -0.25) is 0 Å². The summed E-state index contributed by atoms with van der Waals surface area (Å²) in [6, 6.07) is 5.65. The summed E-state index contributed by atoms with van der Waals surface area (Å²) in [5, 5.41) is 29.5. The molecule has 22 heavy (non-hydrogen) atoms. The summed E-state index contributed by atoms with van der Waals surface area (Å²) in [7, 11) is 0. The van der Waals surface area contributed by atoms with E-state index < -0.39 is 0 Å². The fourth-order valence-electron chi connectivity index (χ4n) is 2.66. The van der Waals surface area contributed by atoms with Crippen LogP contribution < -0.4 is 4.90 Å². The van der Waals surface area contributed by atoms with E-state index in [2.05, 4.69) is 15.0 Å². The number of aliphatic hydroxyl groups is 3. The number of nitrogens with zero attached hydrogens (tertiary/aromatic N) is 3. The molecule has 7 nitrogen and oxygen atoms in total. The maximum Gasteiger partial charge on any atom is 0.143 e. The average Bonchev–Trinajstić information content (AvgIpc) is 2.92. The Morgan fingerprint density at radius 1 is 1.05 bits per heavy atom. The number of hydrogen-bond acceptors (Lipinski definition) is 6. The van der Waals surface area contributed by atoms with Crippen LogP contribution in [-0.2, 0) is 6.61 Å². The molecule has 2 heterocycles. The highest BCUT2D eigenvalue weighted by Gasteiger charge is 2.16. The van der Waals surface area contributed by atoms with Gasteiger partial charge in [0.15, 0.2) is 0 Å². The van der Waals surface area contributed by atoms with E-state index in [1.165, 1.54) is 6.33 Å². The number of aromatic amines is 1. The first kappa shape index (κ1) is 14.7. The van der Waals surface area contributed by atoms with Crippen molar-refractivity contribution in [3.63, 3.8) is 0 Å². The Labute approximate surface area is 126 Å². The Hall–Kier alpha value is -2.22. The summed E-state index contributed by atoms with van der Waals surface area (Å²) in [5.41, 5.74) is 2.40. The van der Waals surface area contributed by atoms with Gasteiger partial charge in [-0.2, -0.15) is 0 Å². The molecule has 0 aliphatic heterocycles. The first-order chi connectivity index (χ1) is 10.8. The lowest BCUT2D eigenvalue weighted by molar-refractivity contribution is 0.281. The minimum absolute atomic E-state index is 0.0320. The summed E-state index contributed by atoms with van der Waals surface area (Å²) in [5.74, 6) is 0.662. The van der Waals surface area contributed by atoms with Gasteiger partial charge in [0.05, 0.1) is 25.2 Å². The maximum atomic E-state index is 9.34. The van der Waals surface area contributed by atoms with Gasteiger partial charge < -0.3 is 25.2 Å². The Bertz CT molecular complexity index is 781. The van der Waals surface area contributed by atoms with Gasteiger partial charge in [-0.15, -0.1) is 0 Å². The molecule has 116 valence electrons. The van der Waals surface area contributed by atoms with E-state index >= 15 is 0 Å². The van der Waals surface area contributed by atoms with Crippen LogP contribution in [0.1, 0.15) is 5.56 Å². The summed E-state index contributed by atoms with van der Waals surface area (Å²) in [4.78, 5) is 13.6. The van der Waals surface area contributed by atoms with Crippen molar-refractivity contribution in [1.29, 1.82) is 0 Å². The zero-order chi connectivity index (χ0) is 15.5. The molecule has 3 rings (SSSR count). The number of aliphatic hydroxyl groups excluding tert-OH is 3. The third-order valence-corrected chi connectivity index (χ3v) is 3.66. The normalized spacial score (nSPS) is 11.4. The van der Waals surface area contributed by atoms with Gasteiger partial charge >= 0.3 is 0 Å². The maximum absolute atomic E-state index is 9.34. The van der Waals surface area contributed by atoms with E-state index in [1.807, 2.05) is 23.1 Å². The van der Waals surface area contributed by atoms with E-state index in [0.717, 1.165) is 21.9 Å². The zero-order valence-electron chi connectivity index (χ0n) is 12.0. The van der Waals surface area contributed by atoms with E-state index in [4.69, 9.17) is 0 Å². The Kier molecular flexibility index (Phi) is 4.19. The lowest BCUT2D eigenvalue weighted by atomic mass is 10.1. The molecular formula is C15H18N4O3. The number of aromatic nitrogens is 3. The Morgan fingerprint density at radius 2 is 1.82 bits per heavy atom. The number of benzene rings is 1. The van der Waals surface area contributed by atoms with E-state index in [0.29, 0.717) is 24.6 Å². The Morgan fingerprint density at radius 3 is 2.50 bits per heavy atom. The molecular weight excluding hydrogens is 284 g/mol. The molecule has 0 spiro atoms. The molecule has 0 aliphatic carbocycles. The fourth-order valence-corrected chi connectivity index (χ4v) is 2.66. The summed E-state index contributed by atoms with van der Waals surface area (Å²) in [6.45, 7) is 0.645. The number of H-pyrrole nitrogens is 1. The topological polar surface area (TPSA) is 106 Å². The second-order valence-corrected chi connectivity index (χ2v) is 5.02. The largest absolute Gasteiger partial charge is 0.395 e. The molecule has 0 amide bonds. The van der Waals surface area contributed by atoms with Crippen LogP contribution in [0, 0.1) is 0 Å². The molecule has 2 aromatic heterocycles. The monoisotopic (exact) mass is 302 g/mol. The molecule has 0 fully saturated rings. The van der Waals surface area contributed by atoms with Crippen molar-refractivity contribution in [2.75, 3.05) is 31.2 Å². The minimum atomic E-state index is -0.0391. The SMILES string of the molecule is OCCN(CCO)c1ncnc2[nH]c3ccc(CO)cc3c12. The number of fused-ring (bicyclic) bond motifs is 3. The molecule has 0 unspecified atom stereocenters. The zero-order valence-corrected chi connectivity index (χ0v) is 12.0. The van der Waals surface area contributed by atoms with Crippen LogP contribution in [0.5, 0.6) is 0 Å². The fraction of sp³-hybridized carbons (Fsp3) is 0.333. The van der Waals surface area contributed by atoms with Crippen LogP contribution in [0.15, 0.2) is 24.5 Å². The van der Waals surface area contributed by atoms with Crippen LogP contribution in [0.3, 0.4) is 0 Å². The second kappa shape index (κ2) is 6.27. The molecule has 0 radical (unpaired) electrons. The molecule has 7 heteroatoms. The Balaban J connectivity index is 2.24. The van der Waals surface area contributed by atoms with Crippen LogP contribution in [0.25, 0.3) is 21.9 Å². The van der Waals surface area contributed by atoms with Crippen molar-refractivity contribution in [1.82, 2.24) is 15.0 Å². The van der Waals surface area contributed by atoms with Crippen molar-refractivity contribution in [2.45, 2.75) is 6.61 Å². The van der Waals surface area contributed by atoms with Gasteiger partial charge in [0.2, 0.25) is 0 Å². The first-order valence-corrected chi connectivity index (χ1v) is 7.11. The van der Waals surface area contributed by atoms with E-state index in [1.54, 1.807) is 0 Å². The quantitative estimate of drug-likeness (QED) is 0.525. The average molecular weight is 302 g/mol. The van der Waals surface area contributed by atoms with Crippen LogP contribution >= 0.6 is 0 Å². The molecule has 0 aliphatic rings. The van der Waals surface area contributed by atoms with Crippen molar-refractivity contribution in [3.05, 3.63) is 30.1 Å². The summed E-state index contributed by atoms with van der Waals surface area (Å²) < 4.78 is 0. The molecule has 4 N–H and O–H groups in total. The lowest BCUT2D eigenvalue weighted by Gasteiger charge is -2.22. The highest BCUT2D eigenvalue weighted by Crippen LogP contribution is 2.31. The van der Waals surface area contributed by atoms with Gasteiger partial charge in [0, 0.05) is 24.0 Å². The predicted molar refractivity (Wildman–Crippen MR) is 83.7 cm³/mol. The number of rotatable bonds is 6. The predicted octanol–water partition coefficient (Wildman–Crippen LogP) is 0.394. The minimum Gasteiger partial charge on any atom is -0.395 e. The third-order valence-electron chi connectivity index (χ3n) is 3.66. The smallest absolute Gasteiger partial charge is 0.143 e. The molecule has 1 aromatic carbocycles. The van der Waals surface area contributed by atoms with Crippen molar-refractivity contribution < 1.29 is 15.3 Å². The molecule has 0 bridgehead atoms. The first-order valence-electron chi connectivity index (χ1n) is 7.11. The molecule has 0 saturated heterocycles. The van der Waals surface area contributed by atoms with Gasteiger partial charge in [-0.1, -0.05) is 6.07 Å². The van der Waals surface area contributed by atoms with E-state index in [9.17, 15) is 15.3 Å². The van der Waals surface area contributed by atoms with Crippen LogP contribution in [0.2, 0.25) is 0 Å². The highest BCUT2D eigenvalue weighted by atomic mass is 16.3. The van der Waals surface area contributed by atoms with Gasteiger partial charge in [-0.25, -0.2) is 9.97 Å². The van der Waals surface area contributed by atoms with Gasteiger partial charge in [0.25, 0.3) is 0 Å². The third kappa shape index (κ3) is 2.50. The standard InChI is InChI=1S/C15H18N4O3/c20-5-3-19(4-6-21)15-13-11-7-10(8-22)1-2-12(11)18-14(13)16-9-17-15/h1-2,7,9,20-22H,3-6,8H2,(H,16,17,18). The highest BCUT2D eigenvalue weighted by molar-refractivity contribution is 6.11. The molecule has 3 aromatic rings. The summed E-state index contributed by atoms with van der Waals surface area (Å²) in [6.07, 6.45) is 1.46. The van der Waals surface area contributed by atoms with Crippen molar-refractivity contribution in [3.8, 4) is 0 Å². The second-order valence-electron chi connectivity index (χ2n) is 5.02. The van der Waals surface area contributed by atoms with Crippen LogP contribution in [-0.4, -0.2) is 56.6 Å². The van der Waals surface area contributed by atoms with Crippen molar-refractivity contribution >= 4 is 27.8 Å². The van der Waals surface area contributed by atoms with Gasteiger partial charge in [0.1, 0.15) is 17.8 Å². The van der Waals surface area contributed by atoms with Crippen molar-refractivity contribution in [2.24, 2.45) is 0 Å². The molecule has 0 saturated carbocycles. The number of anilines is 1. The number of hydrogen-bond donors (Lipinski definition) is 4.